The molecule has 2 rings (SSSR count). The van der Waals surface area contributed by atoms with Crippen molar-refractivity contribution in [1.29, 1.82) is 0 Å². The Morgan fingerprint density at radius 2 is 2.04 bits per heavy atom. The number of hydrogen-bond acceptors (Lipinski definition) is 6. The molecule has 2 amide bonds. The van der Waals surface area contributed by atoms with Crippen molar-refractivity contribution in [2.45, 2.75) is 24.7 Å². The maximum atomic E-state index is 12.7. The van der Waals surface area contributed by atoms with Gasteiger partial charge in [0.25, 0.3) is 0 Å². The normalized spacial score (nSPS) is 17.3. The average molecular weight is 413 g/mol. The molecule has 1 saturated heterocycles. The lowest BCUT2D eigenvalue weighted by atomic mass is 9.97. The molecule has 1 aromatic rings. The second-order valence-electron chi connectivity index (χ2n) is 6.63. The first kappa shape index (κ1) is 22.0. The van der Waals surface area contributed by atoms with E-state index in [0.29, 0.717) is 25.1 Å². The Bertz CT molecular complexity index is 825. The van der Waals surface area contributed by atoms with Crippen molar-refractivity contribution in [3.05, 3.63) is 18.2 Å². The van der Waals surface area contributed by atoms with Crippen LogP contribution in [-0.2, 0) is 19.6 Å². The van der Waals surface area contributed by atoms with Gasteiger partial charge in [0.1, 0.15) is 10.6 Å². The topological polar surface area (TPSA) is 105 Å². The quantitative estimate of drug-likeness (QED) is 0.762. The molecular weight excluding hydrogens is 386 g/mol. The number of anilines is 1. The predicted molar refractivity (Wildman–Crippen MR) is 104 cm³/mol. The molecule has 1 unspecified atom stereocenters. The molecular formula is C18H27N3O6S. The highest BCUT2D eigenvalue weighted by molar-refractivity contribution is 7.89. The molecule has 1 aromatic carbocycles. The zero-order valence-electron chi connectivity index (χ0n) is 16.6. The van der Waals surface area contributed by atoms with Crippen molar-refractivity contribution < 1.29 is 27.5 Å². The first-order valence-electron chi connectivity index (χ1n) is 9.03. The Balaban J connectivity index is 2.17. The number of likely N-dealkylation sites (tertiary alicyclic amines) is 1. The highest BCUT2D eigenvalue weighted by Crippen LogP contribution is 2.29. The van der Waals surface area contributed by atoms with E-state index in [9.17, 15) is 18.0 Å². The first-order valence-corrected chi connectivity index (χ1v) is 10.5. The minimum absolute atomic E-state index is 0.0328. The minimum atomic E-state index is -3.74. The van der Waals surface area contributed by atoms with Crippen LogP contribution in [0, 0.1) is 5.92 Å². The molecule has 0 spiro atoms. The zero-order chi connectivity index (χ0) is 20.9. The Morgan fingerprint density at radius 1 is 1.32 bits per heavy atom. The fraction of sp³-hybridized carbons (Fsp3) is 0.556. The summed E-state index contributed by atoms with van der Waals surface area (Å²) in [4.78, 5) is 26.1. The van der Waals surface area contributed by atoms with Gasteiger partial charge in [0.2, 0.25) is 15.9 Å². The fourth-order valence-electron chi connectivity index (χ4n) is 2.97. The van der Waals surface area contributed by atoms with Gasteiger partial charge in [-0.2, -0.15) is 0 Å². The number of benzene rings is 1. The number of methoxy groups -OCH3 is 1. The molecule has 10 heteroatoms. The molecule has 0 saturated carbocycles. The van der Waals surface area contributed by atoms with Crippen LogP contribution in [0.3, 0.4) is 0 Å². The Morgan fingerprint density at radius 3 is 2.64 bits per heavy atom. The number of nitrogens with zero attached hydrogens (tertiary/aromatic N) is 2. The van der Waals surface area contributed by atoms with Gasteiger partial charge in [-0.1, -0.05) is 0 Å². The average Bonchev–Trinajstić information content (AvgIpc) is 2.68. The molecule has 28 heavy (non-hydrogen) atoms. The van der Waals surface area contributed by atoms with Crippen molar-refractivity contribution in [2.75, 3.05) is 46.2 Å². The van der Waals surface area contributed by atoms with E-state index < -0.39 is 22.0 Å². The van der Waals surface area contributed by atoms with Crippen LogP contribution < -0.4 is 10.1 Å². The SMILES string of the molecule is CCOC(=O)N1CCCC(C(=O)Nc2ccc(OC)c(S(=O)(=O)N(C)C)c2)C1. The number of sulfonamides is 1. The lowest BCUT2D eigenvalue weighted by Crippen LogP contribution is -2.44. The lowest BCUT2D eigenvalue weighted by molar-refractivity contribution is -0.121. The number of carbonyl (C=O) groups is 2. The summed E-state index contributed by atoms with van der Waals surface area (Å²) >= 11 is 0. The molecule has 0 radical (unpaired) electrons. The number of carbonyl (C=O) groups excluding carboxylic acids is 2. The van der Waals surface area contributed by atoms with Crippen molar-refractivity contribution in [3.8, 4) is 5.75 Å². The summed E-state index contributed by atoms with van der Waals surface area (Å²) in [6.07, 6.45) is 0.907. The van der Waals surface area contributed by atoms with Gasteiger partial charge >= 0.3 is 6.09 Å². The van der Waals surface area contributed by atoms with Gasteiger partial charge in [0.05, 0.1) is 19.6 Å². The van der Waals surface area contributed by atoms with Crippen LogP contribution in [-0.4, -0.2) is 70.5 Å². The van der Waals surface area contributed by atoms with Crippen LogP contribution in [0.25, 0.3) is 0 Å². The van der Waals surface area contributed by atoms with Crippen molar-refractivity contribution in [3.63, 3.8) is 0 Å². The van der Waals surface area contributed by atoms with E-state index in [0.717, 1.165) is 4.31 Å². The van der Waals surface area contributed by atoms with Gasteiger partial charge in [-0.3, -0.25) is 4.79 Å². The maximum Gasteiger partial charge on any atom is 0.409 e. The van der Waals surface area contributed by atoms with Crippen LogP contribution in [0.5, 0.6) is 5.75 Å². The smallest absolute Gasteiger partial charge is 0.409 e. The number of hydrogen-bond donors (Lipinski definition) is 1. The van der Waals surface area contributed by atoms with Crippen LogP contribution in [0.1, 0.15) is 19.8 Å². The van der Waals surface area contributed by atoms with Crippen LogP contribution in [0.4, 0.5) is 10.5 Å². The second kappa shape index (κ2) is 9.24. The Kier molecular flexibility index (Phi) is 7.25. The van der Waals surface area contributed by atoms with Crippen molar-refractivity contribution >= 4 is 27.7 Å². The summed E-state index contributed by atoms with van der Waals surface area (Å²) < 4.78 is 36.2. The highest BCUT2D eigenvalue weighted by atomic mass is 32.2. The lowest BCUT2D eigenvalue weighted by Gasteiger charge is -2.31. The zero-order valence-corrected chi connectivity index (χ0v) is 17.4. The molecule has 1 heterocycles. The second-order valence-corrected chi connectivity index (χ2v) is 8.75. The molecule has 1 N–H and O–H groups in total. The summed E-state index contributed by atoms with van der Waals surface area (Å²) in [6, 6.07) is 4.45. The fourth-order valence-corrected chi connectivity index (χ4v) is 4.04. The number of amides is 2. The van der Waals surface area contributed by atoms with Crippen molar-refractivity contribution in [1.82, 2.24) is 9.21 Å². The van der Waals surface area contributed by atoms with E-state index in [1.165, 1.54) is 38.2 Å². The van der Waals surface area contributed by atoms with E-state index in [1.54, 1.807) is 13.0 Å². The molecule has 1 atom stereocenters. The molecule has 0 bridgehead atoms. The number of piperidine rings is 1. The summed E-state index contributed by atoms with van der Waals surface area (Å²) in [7, 11) is 0.487. The number of ether oxygens (including phenoxy) is 2. The van der Waals surface area contributed by atoms with E-state index in [1.807, 2.05) is 0 Å². The van der Waals surface area contributed by atoms with E-state index in [-0.39, 0.29) is 29.7 Å². The maximum absolute atomic E-state index is 12.7. The summed E-state index contributed by atoms with van der Waals surface area (Å²) in [6.45, 7) is 2.83. The molecule has 156 valence electrons. The summed E-state index contributed by atoms with van der Waals surface area (Å²) in [5.74, 6) is -0.473. The third kappa shape index (κ3) is 4.93. The predicted octanol–water partition coefficient (Wildman–Crippen LogP) is 1.75. The van der Waals surface area contributed by atoms with Crippen LogP contribution in [0.15, 0.2) is 23.1 Å². The molecule has 0 aromatic heterocycles. The van der Waals surface area contributed by atoms with Gasteiger partial charge in [-0.25, -0.2) is 17.5 Å². The Labute approximate surface area is 165 Å². The summed E-state index contributed by atoms with van der Waals surface area (Å²) in [5.41, 5.74) is 0.347. The molecule has 0 aliphatic carbocycles. The minimum Gasteiger partial charge on any atom is -0.495 e. The molecule has 1 aliphatic rings. The van der Waals surface area contributed by atoms with Crippen LogP contribution in [0.2, 0.25) is 0 Å². The summed E-state index contributed by atoms with van der Waals surface area (Å²) in [5, 5.41) is 2.75. The first-order chi connectivity index (χ1) is 13.2. The molecule has 1 fully saturated rings. The third-order valence-corrected chi connectivity index (χ3v) is 6.34. The van der Waals surface area contributed by atoms with E-state index in [2.05, 4.69) is 5.32 Å². The highest BCUT2D eigenvalue weighted by Gasteiger charge is 2.30. The largest absolute Gasteiger partial charge is 0.495 e. The van der Waals surface area contributed by atoms with Crippen LogP contribution >= 0.6 is 0 Å². The van der Waals surface area contributed by atoms with E-state index in [4.69, 9.17) is 9.47 Å². The standard InChI is InChI=1S/C18H27N3O6S/c1-5-27-18(23)21-10-6-7-13(12-21)17(22)19-14-8-9-15(26-4)16(11-14)28(24,25)20(2)3/h8-9,11,13H,5-7,10,12H2,1-4H3,(H,19,22). The van der Waals surface area contributed by atoms with Gasteiger partial charge in [-0.05, 0) is 38.0 Å². The van der Waals surface area contributed by atoms with Gasteiger partial charge in [0.15, 0.2) is 0 Å². The number of rotatable bonds is 6. The van der Waals surface area contributed by atoms with Gasteiger partial charge < -0.3 is 19.7 Å². The van der Waals surface area contributed by atoms with E-state index >= 15 is 0 Å². The van der Waals surface area contributed by atoms with Gasteiger partial charge in [-0.15, -0.1) is 0 Å². The Hall–Kier alpha value is -2.33. The molecule has 1 aliphatic heterocycles. The monoisotopic (exact) mass is 413 g/mol. The van der Waals surface area contributed by atoms with Crippen molar-refractivity contribution in [2.24, 2.45) is 5.92 Å². The third-order valence-electron chi connectivity index (χ3n) is 4.51. The van der Waals surface area contributed by atoms with Gasteiger partial charge in [0, 0.05) is 32.9 Å². The number of nitrogens with one attached hydrogen (secondary N) is 1. The molecule has 9 nitrogen and oxygen atoms in total.